The molecule has 0 heterocycles. The van der Waals surface area contributed by atoms with Crippen LogP contribution >= 0.6 is 11.6 Å². The van der Waals surface area contributed by atoms with Crippen molar-refractivity contribution in [2.45, 2.75) is 18.9 Å². The Bertz CT molecular complexity index is 423. The molecule has 96 valence electrons. The second kappa shape index (κ2) is 4.38. The molecular weight excluding hydrogens is 272 g/mol. The average molecular weight is 278 g/mol. The number of benzene rings is 1. The standard InChI is InChI=1S/C9H6ClF6N/c10-7-5(8(11,12)13)2-1-4(3-17)6(7)9(14,15)16/h1-2H,3,17H2. The first kappa shape index (κ1) is 14.1. The first-order valence-corrected chi connectivity index (χ1v) is 4.62. The third kappa shape index (κ3) is 2.84. The van der Waals surface area contributed by atoms with Gasteiger partial charge in [-0.15, -0.1) is 0 Å². The molecule has 0 aliphatic rings. The summed E-state index contributed by atoms with van der Waals surface area (Å²) >= 11 is 5.17. The molecule has 0 fully saturated rings. The molecule has 0 atom stereocenters. The molecule has 0 aliphatic carbocycles. The fraction of sp³-hybridized carbons (Fsp3) is 0.333. The zero-order valence-corrected chi connectivity index (χ0v) is 8.84. The van der Waals surface area contributed by atoms with Crippen molar-refractivity contribution in [3.8, 4) is 0 Å². The summed E-state index contributed by atoms with van der Waals surface area (Å²) in [7, 11) is 0. The molecule has 17 heavy (non-hydrogen) atoms. The van der Waals surface area contributed by atoms with E-state index >= 15 is 0 Å². The molecule has 0 unspecified atom stereocenters. The van der Waals surface area contributed by atoms with Crippen LogP contribution in [0, 0.1) is 0 Å². The van der Waals surface area contributed by atoms with Gasteiger partial charge in [-0.25, -0.2) is 0 Å². The Kier molecular flexibility index (Phi) is 3.63. The Morgan fingerprint density at radius 3 is 1.88 bits per heavy atom. The van der Waals surface area contributed by atoms with Crippen molar-refractivity contribution in [3.05, 3.63) is 33.8 Å². The van der Waals surface area contributed by atoms with E-state index in [1.165, 1.54) is 0 Å². The summed E-state index contributed by atoms with van der Waals surface area (Å²) in [6, 6.07) is 1.16. The number of nitrogens with two attached hydrogens (primary N) is 1. The molecule has 1 aromatic carbocycles. The fourth-order valence-electron chi connectivity index (χ4n) is 1.31. The SMILES string of the molecule is NCc1ccc(C(F)(F)F)c(Cl)c1C(F)(F)F. The third-order valence-corrected chi connectivity index (χ3v) is 2.43. The predicted octanol–water partition coefficient (Wildman–Crippen LogP) is 3.84. The number of hydrogen-bond donors (Lipinski definition) is 1. The lowest BCUT2D eigenvalue weighted by Gasteiger charge is -2.17. The minimum atomic E-state index is -4.98. The van der Waals surface area contributed by atoms with E-state index in [0.29, 0.717) is 12.1 Å². The van der Waals surface area contributed by atoms with Gasteiger partial charge in [0.15, 0.2) is 0 Å². The highest BCUT2D eigenvalue weighted by molar-refractivity contribution is 6.32. The van der Waals surface area contributed by atoms with E-state index in [0.717, 1.165) is 0 Å². The van der Waals surface area contributed by atoms with E-state index in [-0.39, 0.29) is 0 Å². The monoisotopic (exact) mass is 277 g/mol. The maximum Gasteiger partial charge on any atom is 0.418 e. The molecule has 0 spiro atoms. The van der Waals surface area contributed by atoms with E-state index in [1.54, 1.807) is 0 Å². The number of rotatable bonds is 1. The summed E-state index contributed by atoms with van der Waals surface area (Å²) in [6.45, 7) is -0.549. The van der Waals surface area contributed by atoms with Crippen LogP contribution in [0.15, 0.2) is 12.1 Å². The maximum atomic E-state index is 12.6. The average Bonchev–Trinajstić information content (AvgIpc) is 2.12. The molecule has 0 aromatic heterocycles. The molecule has 0 amide bonds. The van der Waals surface area contributed by atoms with Crippen molar-refractivity contribution in [2.75, 3.05) is 0 Å². The van der Waals surface area contributed by atoms with Gasteiger partial charge >= 0.3 is 12.4 Å². The highest BCUT2D eigenvalue weighted by Crippen LogP contribution is 2.43. The third-order valence-electron chi connectivity index (χ3n) is 2.04. The van der Waals surface area contributed by atoms with Crippen LogP contribution in [0.2, 0.25) is 5.02 Å². The second-order valence-corrected chi connectivity index (χ2v) is 3.54. The van der Waals surface area contributed by atoms with E-state index in [2.05, 4.69) is 0 Å². The molecule has 0 saturated carbocycles. The first-order valence-electron chi connectivity index (χ1n) is 4.25. The molecule has 0 aliphatic heterocycles. The summed E-state index contributed by atoms with van der Waals surface area (Å²) in [5.74, 6) is 0. The molecule has 1 nitrogen and oxygen atoms in total. The lowest BCUT2D eigenvalue weighted by molar-refractivity contribution is -0.143. The molecule has 8 heteroatoms. The summed E-state index contributed by atoms with van der Waals surface area (Å²) in [6.07, 6.45) is -9.92. The number of hydrogen-bond acceptors (Lipinski definition) is 1. The van der Waals surface area contributed by atoms with Gasteiger partial charge in [0, 0.05) is 6.54 Å². The molecule has 0 bridgehead atoms. The summed E-state index contributed by atoms with van der Waals surface area (Å²) in [5.41, 5.74) is 1.50. The molecule has 1 aromatic rings. The molecular formula is C9H6ClF6N. The Morgan fingerprint density at radius 2 is 1.53 bits per heavy atom. The van der Waals surface area contributed by atoms with Gasteiger partial charge in [-0.3, -0.25) is 0 Å². The highest BCUT2D eigenvalue weighted by atomic mass is 35.5. The molecule has 2 N–H and O–H groups in total. The smallest absolute Gasteiger partial charge is 0.326 e. The molecule has 0 radical (unpaired) electrons. The van der Waals surface area contributed by atoms with Gasteiger partial charge in [-0.1, -0.05) is 17.7 Å². The van der Waals surface area contributed by atoms with Crippen LogP contribution in [-0.2, 0) is 18.9 Å². The fourth-order valence-corrected chi connectivity index (χ4v) is 1.71. The van der Waals surface area contributed by atoms with Crippen molar-refractivity contribution >= 4 is 11.6 Å². The van der Waals surface area contributed by atoms with Crippen molar-refractivity contribution in [2.24, 2.45) is 5.73 Å². The Balaban J connectivity index is 3.55. The van der Waals surface area contributed by atoms with Gasteiger partial charge in [0.1, 0.15) is 0 Å². The zero-order chi connectivity index (χ0) is 13.4. The van der Waals surface area contributed by atoms with Crippen LogP contribution in [0.5, 0.6) is 0 Å². The lowest BCUT2D eigenvalue weighted by atomic mass is 10.0. The minimum Gasteiger partial charge on any atom is -0.326 e. The minimum absolute atomic E-state index is 0.476. The van der Waals surface area contributed by atoms with Crippen molar-refractivity contribution < 1.29 is 26.3 Å². The second-order valence-electron chi connectivity index (χ2n) is 3.16. The van der Waals surface area contributed by atoms with Crippen molar-refractivity contribution in [1.82, 2.24) is 0 Å². The topological polar surface area (TPSA) is 26.0 Å². The van der Waals surface area contributed by atoms with Crippen LogP contribution < -0.4 is 5.73 Å². The first-order chi connectivity index (χ1) is 7.59. The largest absolute Gasteiger partial charge is 0.418 e. The Hall–Kier alpha value is -0.950. The Labute approximate surface area is 97.2 Å². The van der Waals surface area contributed by atoms with Crippen molar-refractivity contribution in [3.63, 3.8) is 0 Å². The van der Waals surface area contributed by atoms with Crippen LogP contribution in [-0.4, -0.2) is 0 Å². The summed E-state index contributed by atoms with van der Waals surface area (Å²) in [4.78, 5) is 0. The number of alkyl halides is 6. The molecule has 1 rings (SSSR count). The van der Waals surface area contributed by atoms with Gasteiger partial charge in [-0.2, -0.15) is 26.3 Å². The van der Waals surface area contributed by atoms with Crippen LogP contribution in [0.25, 0.3) is 0 Å². The van der Waals surface area contributed by atoms with Crippen LogP contribution in [0.1, 0.15) is 16.7 Å². The van der Waals surface area contributed by atoms with Gasteiger partial charge < -0.3 is 5.73 Å². The maximum absolute atomic E-state index is 12.6. The van der Waals surface area contributed by atoms with Crippen molar-refractivity contribution in [1.29, 1.82) is 0 Å². The Morgan fingerprint density at radius 1 is 1.00 bits per heavy atom. The number of halogens is 7. The summed E-state index contributed by atoms with van der Waals surface area (Å²) < 4.78 is 74.8. The van der Waals surface area contributed by atoms with Crippen LogP contribution in [0.4, 0.5) is 26.3 Å². The van der Waals surface area contributed by atoms with E-state index in [1.807, 2.05) is 0 Å². The normalized spacial score (nSPS) is 12.9. The summed E-state index contributed by atoms with van der Waals surface area (Å²) in [5, 5.41) is -1.37. The predicted molar refractivity (Wildman–Crippen MR) is 49.3 cm³/mol. The quantitative estimate of drug-likeness (QED) is 0.776. The highest BCUT2D eigenvalue weighted by Gasteiger charge is 2.41. The lowest BCUT2D eigenvalue weighted by Crippen LogP contribution is -2.16. The van der Waals surface area contributed by atoms with Gasteiger partial charge in [0.25, 0.3) is 0 Å². The van der Waals surface area contributed by atoms with E-state index < -0.39 is 40.6 Å². The van der Waals surface area contributed by atoms with Crippen LogP contribution in [0.3, 0.4) is 0 Å². The van der Waals surface area contributed by atoms with Gasteiger partial charge in [0.2, 0.25) is 0 Å². The molecule has 0 saturated heterocycles. The zero-order valence-electron chi connectivity index (χ0n) is 8.08. The van der Waals surface area contributed by atoms with E-state index in [4.69, 9.17) is 17.3 Å². The van der Waals surface area contributed by atoms with Gasteiger partial charge in [-0.05, 0) is 11.6 Å². The van der Waals surface area contributed by atoms with Gasteiger partial charge in [0.05, 0.1) is 16.1 Å². The van der Waals surface area contributed by atoms with E-state index in [9.17, 15) is 26.3 Å².